The fraction of sp³-hybridized carbons (Fsp3) is 0.154. The van der Waals surface area contributed by atoms with Crippen LogP contribution in [-0.4, -0.2) is 17.8 Å². The Morgan fingerprint density at radius 2 is 2.18 bits per heavy atom. The van der Waals surface area contributed by atoms with Crippen molar-refractivity contribution in [1.82, 2.24) is 4.90 Å². The van der Waals surface area contributed by atoms with Gasteiger partial charge in [-0.05, 0) is 19.1 Å². The van der Waals surface area contributed by atoms with Gasteiger partial charge < -0.3 is 4.90 Å². The maximum absolute atomic E-state index is 13.7. The monoisotopic (exact) mass is 252 g/mol. The highest BCUT2D eigenvalue weighted by molar-refractivity contribution is 6.32. The van der Waals surface area contributed by atoms with E-state index in [0.717, 1.165) is 0 Å². The highest BCUT2D eigenvalue weighted by Gasteiger charge is 2.15. The van der Waals surface area contributed by atoms with E-state index < -0.39 is 5.82 Å². The smallest absolute Gasteiger partial charge is 0.134 e. The lowest BCUT2D eigenvalue weighted by molar-refractivity contribution is 0.614. The molecule has 1 aromatic carbocycles. The predicted octanol–water partition coefficient (Wildman–Crippen LogP) is 3.94. The molecule has 0 unspecified atom stereocenters. The number of amidine groups is 1. The molecule has 1 rings (SSSR count). The number of rotatable bonds is 3. The summed E-state index contributed by atoms with van der Waals surface area (Å²) < 4.78 is 13.7. The van der Waals surface area contributed by atoms with Crippen molar-refractivity contribution in [3.8, 4) is 0 Å². The summed E-state index contributed by atoms with van der Waals surface area (Å²) in [6.45, 7) is 9.12. The highest BCUT2D eigenvalue weighted by atomic mass is 35.5. The van der Waals surface area contributed by atoms with Crippen LogP contribution in [-0.2, 0) is 0 Å². The molecule has 0 saturated carbocycles. The summed E-state index contributed by atoms with van der Waals surface area (Å²) in [5.74, 6) is 0.255. The van der Waals surface area contributed by atoms with E-state index in [0.29, 0.717) is 16.6 Å². The summed E-state index contributed by atoms with van der Waals surface area (Å²) in [6.07, 6.45) is 1.42. The molecule has 0 amide bonds. The minimum atomic E-state index is -0.402. The fourth-order valence-electron chi connectivity index (χ4n) is 1.36. The van der Waals surface area contributed by atoms with Crippen LogP contribution in [0.2, 0.25) is 5.02 Å². The molecule has 0 heterocycles. The Bertz CT molecular complexity index is 460. The number of benzene rings is 1. The molecule has 0 bridgehead atoms. The Morgan fingerprint density at radius 3 is 2.71 bits per heavy atom. The van der Waals surface area contributed by atoms with Crippen LogP contribution in [0.3, 0.4) is 0 Å². The largest absolute Gasteiger partial charge is 0.333 e. The summed E-state index contributed by atoms with van der Waals surface area (Å²) >= 11 is 5.96. The van der Waals surface area contributed by atoms with E-state index in [1.54, 1.807) is 31.0 Å². The van der Waals surface area contributed by atoms with Crippen LogP contribution in [0, 0.1) is 5.82 Å². The Balaban J connectivity index is 3.13. The highest BCUT2D eigenvalue weighted by Crippen LogP contribution is 2.27. The molecule has 0 aromatic heterocycles. The summed E-state index contributed by atoms with van der Waals surface area (Å²) in [5.41, 5.74) is 0.742. The van der Waals surface area contributed by atoms with Crippen molar-refractivity contribution in [2.24, 2.45) is 4.99 Å². The van der Waals surface area contributed by atoms with E-state index in [9.17, 15) is 4.39 Å². The van der Waals surface area contributed by atoms with Crippen LogP contribution in [0.1, 0.15) is 12.5 Å². The van der Waals surface area contributed by atoms with Crippen molar-refractivity contribution in [2.75, 3.05) is 7.05 Å². The minimum Gasteiger partial charge on any atom is -0.333 e. The zero-order valence-corrected chi connectivity index (χ0v) is 10.6. The lowest BCUT2D eigenvalue weighted by Gasteiger charge is -2.22. The van der Waals surface area contributed by atoms with Crippen molar-refractivity contribution in [1.29, 1.82) is 0 Å². The van der Waals surface area contributed by atoms with Crippen LogP contribution < -0.4 is 0 Å². The van der Waals surface area contributed by atoms with Crippen molar-refractivity contribution >= 4 is 23.1 Å². The third-order valence-corrected chi connectivity index (χ3v) is 2.73. The molecule has 0 fully saturated rings. The van der Waals surface area contributed by atoms with Crippen molar-refractivity contribution in [2.45, 2.75) is 6.92 Å². The second kappa shape index (κ2) is 5.64. The molecule has 0 aliphatic heterocycles. The zero-order valence-electron chi connectivity index (χ0n) is 9.87. The van der Waals surface area contributed by atoms with Crippen LogP contribution in [0.4, 0.5) is 4.39 Å². The minimum absolute atomic E-state index is 0.287. The first kappa shape index (κ1) is 13.5. The van der Waals surface area contributed by atoms with E-state index in [-0.39, 0.29) is 5.56 Å². The van der Waals surface area contributed by atoms with Crippen molar-refractivity contribution < 1.29 is 4.39 Å². The maximum atomic E-state index is 13.7. The summed E-state index contributed by atoms with van der Waals surface area (Å²) in [5, 5.41) is 0.327. The van der Waals surface area contributed by atoms with Crippen molar-refractivity contribution in [3.05, 3.63) is 54.0 Å². The first-order valence-electron chi connectivity index (χ1n) is 5.01. The number of aliphatic imine (C=N–C) groups is 1. The fourth-order valence-corrected chi connectivity index (χ4v) is 1.63. The molecule has 4 heteroatoms. The molecule has 0 aliphatic carbocycles. The molecular formula is C13H14ClFN2. The van der Waals surface area contributed by atoms with Gasteiger partial charge in [-0.15, -0.1) is 0 Å². The Labute approximate surface area is 106 Å². The van der Waals surface area contributed by atoms with Gasteiger partial charge in [0.15, 0.2) is 0 Å². The molecule has 0 radical (unpaired) electrons. The Kier molecular flexibility index (Phi) is 4.46. The molecular weight excluding hydrogens is 239 g/mol. The molecule has 90 valence electrons. The van der Waals surface area contributed by atoms with Gasteiger partial charge in [0.1, 0.15) is 11.7 Å². The number of hydrogen-bond acceptors (Lipinski definition) is 1. The van der Waals surface area contributed by atoms with Crippen molar-refractivity contribution in [3.63, 3.8) is 0 Å². The molecule has 0 N–H and O–H groups in total. The van der Waals surface area contributed by atoms with Crippen LogP contribution in [0.25, 0.3) is 5.70 Å². The van der Waals surface area contributed by atoms with Crippen LogP contribution in [0.5, 0.6) is 0 Å². The second-order valence-corrected chi connectivity index (χ2v) is 3.87. The van der Waals surface area contributed by atoms with E-state index in [1.165, 1.54) is 12.3 Å². The van der Waals surface area contributed by atoms with Gasteiger partial charge in [0, 0.05) is 18.9 Å². The topological polar surface area (TPSA) is 15.6 Å². The zero-order chi connectivity index (χ0) is 13.0. The summed E-state index contributed by atoms with van der Waals surface area (Å²) in [7, 11) is 1.74. The quantitative estimate of drug-likeness (QED) is 0.588. The van der Waals surface area contributed by atoms with Crippen LogP contribution in [0.15, 0.2) is 42.5 Å². The molecule has 0 aliphatic rings. The first-order valence-corrected chi connectivity index (χ1v) is 5.39. The number of halogens is 2. The molecule has 0 saturated heterocycles. The second-order valence-electron chi connectivity index (χ2n) is 3.46. The number of nitrogens with zero attached hydrogens (tertiary/aromatic N) is 2. The maximum Gasteiger partial charge on any atom is 0.134 e. The van der Waals surface area contributed by atoms with E-state index in [2.05, 4.69) is 18.2 Å². The van der Waals surface area contributed by atoms with E-state index in [4.69, 9.17) is 11.6 Å². The normalized spacial score (nSPS) is 11.2. The molecule has 0 atom stereocenters. The van der Waals surface area contributed by atoms with Gasteiger partial charge in [-0.1, -0.05) is 30.8 Å². The molecule has 0 spiro atoms. The summed E-state index contributed by atoms with van der Waals surface area (Å²) in [4.78, 5) is 5.67. The van der Waals surface area contributed by atoms with Crippen LogP contribution >= 0.6 is 11.6 Å². The molecule has 1 aromatic rings. The van der Waals surface area contributed by atoms with Gasteiger partial charge in [0.05, 0.1) is 10.6 Å². The predicted molar refractivity (Wildman–Crippen MR) is 71.5 cm³/mol. The SMILES string of the molecule is C=CN=C(C)N(C)C(=C)c1c(F)cccc1Cl. The van der Waals surface area contributed by atoms with Gasteiger partial charge in [-0.2, -0.15) is 0 Å². The Morgan fingerprint density at radius 1 is 1.53 bits per heavy atom. The Hall–Kier alpha value is -1.61. The van der Waals surface area contributed by atoms with Gasteiger partial charge in [0.2, 0.25) is 0 Å². The number of hydrogen-bond donors (Lipinski definition) is 0. The third-order valence-electron chi connectivity index (χ3n) is 2.42. The van der Waals surface area contributed by atoms with E-state index in [1.807, 2.05) is 0 Å². The third kappa shape index (κ3) is 2.94. The average molecular weight is 253 g/mol. The van der Waals surface area contributed by atoms with Gasteiger partial charge >= 0.3 is 0 Å². The first-order chi connectivity index (χ1) is 7.99. The van der Waals surface area contributed by atoms with E-state index >= 15 is 0 Å². The van der Waals surface area contributed by atoms with Gasteiger partial charge in [-0.25, -0.2) is 9.38 Å². The molecule has 17 heavy (non-hydrogen) atoms. The van der Waals surface area contributed by atoms with Gasteiger partial charge in [0.25, 0.3) is 0 Å². The lowest BCUT2D eigenvalue weighted by Crippen LogP contribution is -2.22. The lowest BCUT2D eigenvalue weighted by atomic mass is 10.1. The molecule has 2 nitrogen and oxygen atoms in total. The average Bonchev–Trinajstić information content (AvgIpc) is 2.27. The standard InChI is InChI=1S/C13H14ClFN2/c1-5-16-10(3)17(4)9(2)13-11(14)7-6-8-12(13)15/h5-8H,1-2H2,3-4H3. The van der Waals surface area contributed by atoms with Gasteiger partial charge in [-0.3, -0.25) is 0 Å². The summed E-state index contributed by atoms with van der Waals surface area (Å²) in [6, 6.07) is 4.53.